The molecule has 0 amide bonds. The van der Waals surface area contributed by atoms with Crippen molar-refractivity contribution in [2.45, 2.75) is 0 Å². The monoisotopic (exact) mass is 179 g/mol. The van der Waals surface area contributed by atoms with E-state index in [0.29, 0.717) is 11.4 Å². The molecule has 5 nitrogen and oxygen atoms in total. The van der Waals surface area contributed by atoms with Crippen LogP contribution < -0.4 is 4.74 Å². The lowest BCUT2D eigenvalue weighted by atomic mass is 10.3. The molecule has 1 N–H and O–H groups in total. The minimum Gasteiger partial charge on any atom is -0.491 e. The SMILES string of the molecule is [N-]=[N+]=Nc1cccc(OCCO)c1. The lowest BCUT2D eigenvalue weighted by molar-refractivity contribution is 0.201. The van der Waals surface area contributed by atoms with Crippen LogP contribution >= 0.6 is 0 Å². The Bertz CT molecular complexity index is 321. The number of hydrogen-bond acceptors (Lipinski definition) is 3. The summed E-state index contributed by atoms with van der Waals surface area (Å²) in [6.07, 6.45) is 0. The smallest absolute Gasteiger partial charge is 0.119 e. The highest BCUT2D eigenvalue weighted by Crippen LogP contribution is 2.19. The molecule has 0 aliphatic heterocycles. The van der Waals surface area contributed by atoms with Crippen molar-refractivity contribution in [1.29, 1.82) is 0 Å². The number of nitrogens with zero attached hydrogens (tertiary/aromatic N) is 3. The summed E-state index contributed by atoms with van der Waals surface area (Å²) in [4.78, 5) is 2.65. The van der Waals surface area contributed by atoms with Crippen LogP contribution in [0, 0.1) is 0 Å². The van der Waals surface area contributed by atoms with Crippen molar-refractivity contribution in [3.05, 3.63) is 34.7 Å². The maximum atomic E-state index is 8.49. The number of hydrogen-bond donors (Lipinski definition) is 1. The summed E-state index contributed by atoms with van der Waals surface area (Å²) in [5, 5.41) is 11.9. The van der Waals surface area contributed by atoms with E-state index < -0.39 is 0 Å². The van der Waals surface area contributed by atoms with Crippen molar-refractivity contribution in [3.8, 4) is 5.75 Å². The second-order valence-electron chi connectivity index (χ2n) is 2.26. The Labute approximate surface area is 75.2 Å². The highest BCUT2D eigenvalue weighted by atomic mass is 16.5. The first-order valence-electron chi connectivity index (χ1n) is 3.75. The Hall–Kier alpha value is -1.71. The Morgan fingerprint density at radius 1 is 1.54 bits per heavy atom. The molecule has 1 rings (SSSR count). The zero-order chi connectivity index (χ0) is 9.52. The first kappa shape index (κ1) is 9.38. The van der Waals surface area contributed by atoms with Crippen molar-refractivity contribution < 1.29 is 9.84 Å². The van der Waals surface area contributed by atoms with Gasteiger partial charge in [-0.2, -0.15) is 0 Å². The molecule has 0 fully saturated rings. The number of aliphatic hydroxyl groups is 1. The number of rotatable bonds is 4. The topological polar surface area (TPSA) is 78.2 Å². The fourth-order valence-corrected chi connectivity index (χ4v) is 0.851. The molecule has 0 bridgehead atoms. The van der Waals surface area contributed by atoms with Crippen LogP contribution in [0.1, 0.15) is 0 Å². The fourth-order valence-electron chi connectivity index (χ4n) is 0.851. The summed E-state index contributed by atoms with van der Waals surface area (Å²) in [7, 11) is 0. The van der Waals surface area contributed by atoms with Gasteiger partial charge in [-0.25, -0.2) is 0 Å². The number of aliphatic hydroxyl groups excluding tert-OH is 1. The molecule has 0 atom stereocenters. The number of ether oxygens (including phenoxy) is 1. The first-order chi connectivity index (χ1) is 6.36. The lowest BCUT2D eigenvalue weighted by Gasteiger charge is -2.03. The maximum Gasteiger partial charge on any atom is 0.119 e. The van der Waals surface area contributed by atoms with E-state index in [2.05, 4.69) is 10.0 Å². The molecule has 0 saturated heterocycles. The first-order valence-corrected chi connectivity index (χ1v) is 3.75. The van der Waals surface area contributed by atoms with Crippen molar-refractivity contribution >= 4 is 5.69 Å². The van der Waals surface area contributed by atoms with Crippen LogP contribution in [0.4, 0.5) is 5.69 Å². The molecule has 0 saturated carbocycles. The molecule has 0 radical (unpaired) electrons. The van der Waals surface area contributed by atoms with Crippen molar-refractivity contribution in [2.24, 2.45) is 5.11 Å². The number of benzene rings is 1. The second-order valence-corrected chi connectivity index (χ2v) is 2.26. The Morgan fingerprint density at radius 2 is 2.38 bits per heavy atom. The van der Waals surface area contributed by atoms with Gasteiger partial charge < -0.3 is 9.84 Å². The van der Waals surface area contributed by atoms with Gasteiger partial charge in [-0.05, 0) is 17.7 Å². The zero-order valence-corrected chi connectivity index (χ0v) is 6.92. The standard InChI is InChI=1S/C8H9N3O2/c9-11-10-7-2-1-3-8(6-7)13-5-4-12/h1-3,6,12H,4-5H2. The molecule has 0 aliphatic rings. The molecule has 68 valence electrons. The summed E-state index contributed by atoms with van der Waals surface area (Å²) in [5.41, 5.74) is 8.66. The summed E-state index contributed by atoms with van der Waals surface area (Å²) in [6, 6.07) is 6.73. The third kappa shape index (κ3) is 3.02. The van der Waals surface area contributed by atoms with E-state index in [9.17, 15) is 0 Å². The van der Waals surface area contributed by atoms with Gasteiger partial charge in [-0.1, -0.05) is 17.2 Å². The highest BCUT2D eigenvalue weighted by Gasteiger charge is 1.93. The van der Waals surface area contributed by atoms with Gasteiger partial charge in [0.1, 0.15) is 12.4 Å². The fraction of sp³-hybridized carbons (Fsp3) is 0.250. The highest BCUT2D eigenvalue weighted by molar-refractivity contribution is 5.42. The van der Waals surface area contributed by atoms with E-state index in [0.717, 1.165) is 0 Å². The second kappa shape index (κ2) is 5.03. The van der Waals surface area contributed by atoms with Gasteiger partial charge in [0.05, 0.1) is 6.61 Å². The van der Waals surface area contributed by atoms with Gasteiger partial charge in [-0.15, -0.1) is 0 Å². The minimum absolute atomic E-state index is 0.0360. The van der Waals surface area contributed by atoms with Crippen molar-refractivity contribution in [1.82, 2.24) is 0 Å². The van der Waals surface area contributed by atoms with Crippen molar-refractivity contribution in [2.75, 3.05) is 13.2 Å². The van der Waals surface area contributed by atoms with E-state index in [4.69, 9.17) is 15.4 Å². The van der Waals surface area contributed by atoms with E-state index >= 15 is 0 Å². The van der Waals surface area contributed by atoms with Crippen LogP contribution in [0.15, 0.2) is 29.4 Å². The molecule has 13 heavy (non-hydrogen) atoms. The minimum atomic E-state index is -0.0360. The molecule has 1 aromatic carbocycles. The maximum absolute atomic E-state index is 8.49. The average Bonchev–Trinajstić information content (AvgIpc) is 2.16. The van der Waals surface area contributed by atoms with E-state index in [1.54, 1.807) is 24.3 Å². The Kier molecular flexibility index (Phi) is 3.63. The molecular formula is C8H9N3O2. The third-order valence-corrected chi connectivity index (χ3v) is 1.34. The van der Waals surface area contributed by atoms with Crippen LogP contribution in [-0.2, 0) is 0 Å². The lowest BCUT2D eigenvalue weighted by Crippen LogP contribution is -2.00. The largest absolute Gasteiger partial charge is 0.491 e. The molecular weight excluding hydrogens is 170 g/mol. The molecule has 0 unspecified atom stereocenters. The Balaban J connectivity index is 2.73. The molecule has 0 aliphatic carbocycles. The summed E-state index contributed by atoms with van der Waals surface area (Å²) >= 11 is 0. The van der Waals surface area contributed by atoms with Gasteiger partial charge in [-0.3, -0.25) is 0 Å². The average molecular weight is 179 g/mol. The molecule has 1 aromatic rings. The quantitative estimate of drug-likeness (QED) is 0.435. The number of azide groups is 1. The molecule has 0 aromatic heterocycles. The molecule has 0 spiro atoms. The van der Waals surface area contributed by atoms with Crippen LogP contribution in [-0.4, -0.2) is 18.3 Å². The van der Waals surface area contributed by atoms with Gasteiger partial charge in [0.15, 0.2) is 0 Å². The normalized spacial score (nSPS) is 9.00. The van der Waals surface area contributed by atoms with Gasteiger partial charge in [0.25, 0.3) is 0 Å². The predicted octanol–water partition coefficient (Wildman–Crippen LogP) is 2.00. The molecule has 5 heteroatoms. The van der Waals surface area contributed by atoms with Gasteiger partial charge >= 0.3 is 0 Å². The predicted molar refractivity (Wildman–Crippen MR) is 47.8 cm³/mol. The van der Waals surface area contributed by atoms with Crippen LogP contribution in [0.25, 0.3) is 10.4 Å². The van der Waals surface area contributed by atoms with Crippen LogP contribution in [0.3, 0.4) is 0 Å². The summed E-state index contributed by atoms with van der Waals surface area (Å²) in [5.74, 6) is 0.582. The third-order valence-electron chi connectivity index (χ3n) is 1.34. The Morgan fingerprint density at radius 3 is 3.08 bits per heavy atom. The van der Waals surface area contributed by atoms with Crippen LogP contribution in [0.5, 0.6) is 5.75 Å². The van der Waals surface area contributed by atoms with Gasteiger partial charge in [0, 0.05) is 10.6 Å². The summed E-state index contributed by atoms with van der Waals surface area (Å²) in [6.45, 7) is 0.200. The van der Waals surface area contributed by atoms with Gasteiger partial charge in [0.2, 0.25) is 0 Å². The summed E-state index contributed by atoms with van der Waals surface area (Å²) < 4.78 is 5.11. The van der Waals surface area contributed by atoms with Crippen LogP contribution in [0.2, 0.25) is 0 Å². The van der Waals surface area contributed by atoms with E-state index in [1.807, 2.05) is 0 Å². The molecule has 0 heterocycles. The van der Waals surface area contributed by atoms with E-state index in [-0.39, 0.29) is 13.2 Å². The van der Waals surface area contributed by atoms with E-state index in [1.165, 1.54) is 0 Å². The zero-order valence-electron chi connectivity index (χ0n) is 6.92. The van der Waals surface area contributed by atoms with Crippen molar-refractivity contribution in [3.63, 3.8) is 0 Å².